The molecule has 0 atom stereocenters. The first kappa shape index (κ1) is 19.0. The normalized spacial score (nSPS) is 11.1. The Morgan fingerprint density at radius 2 is 1.68 bits per heavy atom. The van der Waals surface area contributed by atoms with E-state index in [2.05, 4.69) is 12.2 Å². The number of benzene rings is 2. The first-order valence-electron chi connectivity index (χ1n) is 8.31. The summed E-state index contributed by atoms with van der Waals surface area (Å²) in [4.78, 5) is 12.3. The van der Waals surface area contributed by atoms with Gasteiger partial charge < -0.3 is 5.32 Å². The van der Waals surface area contributed by atoms with Gasteiger partial charge >= 0.3 is 0 Å². The van der Waals surface area contributed by atoms with Gasteiger partial charge in [-0.3, -0.25) is 9.10 Å². The molecular formula is C19H24N2O3S. The molecular weight excluding hydrogens is 336 g/mol. The summed E-state index contributed by atoms with van der Waals surface area (Å²) in [6, 6.07) is 16.2. The summed E-state index contributed by atoms with van der Waals surface area (Å²) >= 11 is 0. The van der Waals surface area contributed by atoms with E-state index in [1.807, 2.05) is 24.3 Å². The Morgan fingerprint density at radius 3 is 2.24 bits per heavy atom. The molecule has 1 N–H and O–H groups in total. The molecule has 2 aromatic rings. The fourth-order valence-corrected chi connectivity index (χ4v) is 3.32. The second-order valence-corrected chi connectivity index (χ2v) is 7.86. The van der Waals surface area contributed by atoms with Crippen LogP contribution in [0.5, 0.6) is 0 Å². The SMILES string of the molecule is CCCCc1ccc(NC(=O)CN(c2ccccc2)S(C)(=O)=O)cc1. The Hall–Kier alpha value is -2.34. The number of hydrogen-bond donors (Lipinski definition) is 1. The van der Waals surface area contributed by atoms with Crippen LogP contribution < -0.4 is 9.62 Å². The Morgan fingerprint density at radius 1 is 1.04 bits per heavy atom. The van der Waals surface area contributed by atoms with Crippen LogP contribution in [0, 0.1) is 0 Å². The molecule has 0 aliphatic heterocycles. The van der Waals surface area contributed by atoms with Crippen molar-refractivity contribution >= 4 is 27.3 Å². The van der Waals surface area contributed by atoms with Crippen molar-refractivity contribution in [3.63, 3.8) is 0 Å². The van der Waals surface area contributed by atoms with Gasteiger partial charge in [-0.1, -0.05) is 43.7 Å². The molecule has 0 radical (unpaired) electrons. The predicted molar refractivity (Wildman–Crippen MR) is 102 cm³/mol. The van der Waals surface area contributed by atoms with Gasteiger partial charge in [-0.25, -0.2) is 8.42 Å². The van der Waals surface area contributed by atoms with Crippen molar-refractivity contribution in [2.45, 2.75) is 26.2 Å². The number of sulfonamides is 1. The highest BCUT2D eigenvalue weighted by Gasteiger charge is 2.20. The smallest absolute Gasteiger partial charge is 0.245 e. The summed E-state index contributed by atoms with van der Waals surface area (Å²) in [5.74, 6) is -0.379. The molecule has 0 saturated heterocycles. The highest BCUT2D eigenvalue weighted by atomic mass is 32.2. The molecule has 0 aliphatic rings. The maximum absolute atomic E-state index is 12.3. The average Bonchev–Trinajstić information content (AvgIpc) is 2.59. The van der Waals surface area contributed by atoms with Crippen LogP contribution in [0.2, 0.25) is 0 Å². The molecule has 0 aromatic heterocycles. The zero-order valence-corrected chi connectivity index (χ0v) is 15.4. The number of hydrogen-bond acceptors (Lipinski definition) is 3. The number of nitrogens with one attached hydrogen (secondary N) is 1. The third-order valence-corrected chi connectivity index (χ3v) is 4.93. The van der Waals surface area contributed by atoms with Crippen molar-refractivity contribution in [2.75, 3.05) is 22.4 Å². The fraction of sp³-hybridized carbons (Fsp3) is 0.316. The summed E-state index contributed by atoms with van der Waals surface area (Å²) in [5.41, 5.74) is 2.35. The maximum atomic E-state index is 12.3. The average molecular weight is 360 g/mol. The molecule has 0 fully saturated rings. The van der Waals surface area contributed by atoms with Crippen LogP contribution in [0.15, 0.2) is 54.6 Å². The zero-order valence-electron chi connectivity index (χ0n) is 14.6. The highest BCUT2D eigenvalue weighted by Crippen LogP contribution is 2.17. The first-order valence-corrected chi connectivity index (χ1v) is 10.2. The van der Waals surface area contributed by atoms with Crippen molar-refractivity contribution in [3.8, 4) is 0 Å². The van der Waals surface area contributed by atoms with Gasteiger partial charge in [-0.2, -0.15) is 0 Å². The second kappa shape index (κ2) is 8.67. The number of rotatable bonds is 8. The monoisotopic (exact) mass is 360 g/mol. The molecule has 6 heteroatoms. The molecule has 2 aromatic carbocycles. The van der Waals surface area contributed by atoms with Crippen LogP contribution >= 0.6 is 0 Å². The molecule has 0 heterocycles. The molecule has 0 unspecified atom stereocenters. The van der Waals surface area contributed by atoms with Gasteiger partial charge in [-0.15, -0.1) is 0 Å². The summed E-state index contributed by atoms with van der Waals surface area (Å²) < 4.78 is 25.1. The minimum atomic E-state index is -3.55. The van der Waals surface area contributed by atoms with Crippen molar-refractivity contribution in [3.05, 3.63) is 60.2 Å². The van der Waals surface area contributed by atoms with E-state index in [-0.39, 0.29) is 12.5 Å². The van der Waals surface area contributed by atoms with Gasteiger partial charge in [0.05, 0.1) is 11.9 Å². The Balaban J connectivity index is 2.04. The molecule has 134 valence electrons. The number of amides is 1. The summed E-state index contributed by atoms with van der Waals surface area (Å²) in [7, 11) is -3.55. The number of aryl methyl sites for hydroxylation is 1. The molecule has 25 heavy (non-hydrogen) atoms. The Kier molecular flexibility index (Phi) is 6.58. The van der Waals surface area contributed by atoms with E-state index in [0.29, 0.717) is 11.4 Å². The number of anilines is 2. The quantitative estimate of drug-likeness (QED) is 0.784. The maximum Gasteiger partial charge on any atom is 0.245 e. The molecule has 2 rings (SSSR count). The number of unbranched alkanes of at least 4 members (excludes halogenated alkanes) is 1. The van der Waals surface area contributed by atoms with Gasteiger partial charge in [-0.05, 0) is 42.7 Å². The van der Waals surface area contributed by atoms with E-state index in [0.717, 1.165) is 29.8 Å². The lowest BCUT2D eigenvalue weighted by atomic mass is 10.1. The Labute approximate surface area is 149 Å². The molecule has 1 amide bonds. The van der Waals surface area contributed by atoms with E-state index in [9.17, 15) is 13.2 Å². The first-order chi connectivity index (χ1) is 11.9. The van der Waals surface area contributed by atoms with Crippen LogP contribution in [-0.4, -0.2) is 27.1 Å². The topological polar surface area (TPSA) is 66.5 Å². The third kappa shape index (κ3) is 5.90. The van der Waals surface area contributed by atoms with Gasteiger partial charge in [0, 0.05) is 5.69 Å². The standard InChI is InChI=1S/C19H24N2O3S/c1-3-4-8-16-11-13-17(14-12-16)20-19(22)15-21(25(2,23)24)18-9-6-5-7-10-18/h5-7,9-14H,3-4,8,15H2,1-2H3,(H,20,22). The van der Waals surface area contributed by atoms with E-state index in [1.54, 1.807) is 30.3 Å². The van der Waals surface area contributed by atoms with Crippen LogP contribution in [0.25, 0.3) is 0 Å². The molecule has 0 saturated carbocycles. The van der Waals surface area contributed by atoms with Crippen LogP contribution in [-0.2, 0) is 21.2 Å². The fourth-order valence-electron chi connectivity index (χ4n) is 2.46. The summed E-state index contributed by atoms with van der Waals surface area (Å²) in [6.45, 7) is 1.88. The second-order valence-electron chi connectivity index (χ2n) is 5.95. The van der Waals surface area contributed by atoms with Crippen molar-refractivity contribution in [1.29, 1.82) is 0 Å². The molecule has 0 aliphatic carbocycles. The van der Waals surface area contributed by atoms with Crippen molar-refractivity contribution in [2.24, 2.45) is 0 Å². The zero-order chi connectivity index (χ0) is 18.3. The van der Waals surface area contributed by atoms with Crippen molar-refractivity contribution < 1.29 is 13.2 Å². The van der Waals surface area contributed by atoms with Crippen LogP contribution in [0.3, 0.4) is 0 Å². The van der Waals surface area contributed by atoms with E-state index < -0.39 is 10.0 Å². The van der Waals surface area contributed by atoms with E-state index in [4.69, 9.17) is 0 Å². The summed E-state index contributed by atoms with van der Waals surface area (Å²) in [6.07, 6.45) is 4.38. The highest BCUT2D eigenvalue weighted by molar-refractivity contribution is 7.92. The number of nitrogens with zero attached hydrogens (tertiary/aromatic N) is 1. The van der Waals surface area contributed by atoms with Gasteiger partial charge in [0.25, 0.3) is 0 Å². The lowest BCUT2D eigenvalue weighted by Crippen LogP contribution is -2.37. The molecule has 5 nitrogen and oxygen atoms in total. The molecule has 0 bridgehead atoms. The van der Waals surface area contributed by atoms with Gasteiger partial charge in [0.1, 0.15) is 6.54 Å². The minimum absolute atomic E-state index is 0.263. The predicted octanol–water partition coefficient (Wildman–Crippen LogP) is 3.43. The molecule has 0 spiro atoms. The van der Waals surface area contributed by atoms with E-state index in [1.165, 1.54) is 5.56 Å². The Bertz CT molecular complexity index is 787. The van der Waals surface area contributed by atoms with Crippen LogP contribution in [0.1, 0.15) is 25.3 Å². The third-order valence-electron chi connectivity index (χ3n) is 3.79. The van der Waals surface area contributed by atoms with Gasteiger partial charge in [0.2, 0.25) is 15.9 Å². The number of para-hydroxylation sites is 1. The lowest BCUT2D eigenvalue weighted by Gasteiger charge is -2.21. The number of carbonyl (C=O) groups is 1. The largest absolute Gasteiger partial charge is 0.325 e. The summed E-state index contributed by atoms with van der Waals surface area (Å²) in [5, 5.41) is 2.75. The van der Waals surface area contributed by atoms with Crippen LogP contribution in [0.4, 0.5) is 11.4 Å². The lowest BCUT2D eigenvalue weighted by molar-refractivity contribution is -0.114. The number of carbonyl (C=O) groups excluding carboxylic acids is 1. The van der Waals surface area contributed by atoms with E-state index >= 15 is 0 Å². The van der Waals surface area contributed by atoms with Gasteiger partial charge in [0.15, 0.2) is 0 Å². The van der Waals surface area contributed by atoms with Crippen molar-refractivity contribution in [1.82, 2.24) is 0 Å². The minimum Gasteiger partial charge on any atom is -0.325 e.